The molecule has 8 heteroatoms. The van der Waals surface area contributed by atoms with Crippen LogP contribution in [0.5, 0.6) is 0 Å². The highest BCUT2D eigenvalue weighted by Gasteiger charge is 2.39. The molecule has 3 rings (SSSR count). The van der Waals surface area contributed by atoms with Crippen molar-refractivity contribution in [2.75, 3.05) is 11.0 Å². The van der Waals surface area contributed by atoms with E-state index in [9.17, 15) is 13.2 Å². The van der Waals surface area contributed by atoms with E-state index < -0.39 is 15.4 Å². The largest absolute Gasteiger partial charge is 0.467 e. The molecule has 0 aliphatic carbocycles. The summed E-state index contributed by atoms with van der Waals surface area (Å²) < 4.78 is 30.6. The van der Waals surface area contributed by atoms with E-state index in [0.717, 1.165) is 17.5 Å². The van der Waals surface area contributed by atoms with Crippen LogP contribution in [0.15, 0.2) is 52.2 Å². The maximum absolute atomic E-state index is 12.9. The smallest absolute Gasteiger partial charge is 0.248 e. The summed E-state index contributed by atoms with van der Waals surface area (Å²) in [5.74, 6) is 0.593. The van der Waals surface area contributed by atoms with E-state index in [2.05, 4.69) is 9.82 Å². The molecule has 0 fully saturated rings. The first kappa shape index (κ1) is 19.2. The van der Waals surface area contributed by atoms with Crippen molar-refractivity contribution in [1.29, 1.82) is 0 Å². The van der Waals surface area contributed by atoms with Crippen LogP contribution >= 0.6 is 0 Å². The number of anilines is 1. The molecule has 0 radical (unpaired) electrons. The normalized spacial score (nSPS) is 17.7. The Morgan fingerprint density at radius 2 is 1.89 bits per heavy atom. The van der Waals surface area contributed by atoms with E-state index in [4.69, 9.17) is 4.42 Å². The molecule has 7 nitrogen and oxygen atoms in total. The minimum atomic E-state index is -3.33. The highest BCUT2D eigenvalue weighted by molar-refractivity contribution is 7.92. The van der Waals surface area contributed by atoms with E-state index in [1.807, 2.05) is 26.8 Å². The monoisotopic (exact) mass is 389 g/mol. The predicted octanol–water partition coefficient (Wildman–Crippen LogP) is 3.37. The number of nitrogens with one attached hydrogen (secondary N) is 1. The van der Waals surface area contributed by atoms with Crippen molar-refractivity contribution < 1.29 is 17.6 Å². The zero-order valence-corrected chi connectivity index (χ0v) is 16.6. The third-order valence-corrected chi connectivity index (χ3v) is 4.76. The molecule has 1 aromatic carbocycles. The number of rotatable bonds is 4. The molecule has 2 aromatic rings. The second-order valence-corrected chi connectivity index (χ2v) is 9.38. The van der Waals surface area contributed by atoms with Crippen LogP contribution in [0.25, 0.3) is 0 Å². The zero-order chi connectivity index (χ0) is 19.8. The summed E-state index contributed by atoms with van der Waals surface area (Å²) in [6, 6.07) is 10.3. The van der Waals surface area contributed by atoms with E-state index in [-0.39, 0.29) is 11.9 Å². The molecule has 1 aliphatic rings. The highest BCUT2D eigenvalue weighted by Crippen LogP contribution is 2.36. The average Bonchev–Trinajstić information content (AvgIpc) is 3.21. The van der Waals surface area contributed by atoms with Crippen LogP contribution in [0.4, 0.5) is 5.69 Å². The van der Waals surface area contributed by atoms with Crippen LogP contribution in [0.1, 0.15) is 44.6 Å². The summed E-state index contributed by atoms with van der Waals surface area (Å²) in [5, 5.41) is 6.06. The van der Waals surface area contributed by atoms with Gasteiger partial charge in [-0.2, -0.15) is 5.10 Å². The lowest BCUT2D eigenvalue weighted by molar-refractivity contribution is -0.141. The number of carbonyl (C=O) groups excluding carboxylic acids is 1. The number of benzene rings is 1. The van der Waals surface area contributed by atoms with Crippen molar-refractivity contribution in [3.63, 3.8) is 0 Å². The number of hydrazone groups is 1. The number of carbonyl (C=O) groups is 1. The Balaban J connectivity index is 1.90. The lowest BCUT2D eigenvalue weighted by atomic mass is 9.94. The van der Waals surface area contributed by atoms with Gasteiger partial charge in [0.05, 0.1) is 18.2 Å². The summed E-state index contributed by atoms with van der Waals surface area (Å²) >= 11 is 0. The van der Waals surface area contributed by atoms with Gasteiger partial charge in [-0.25, -0.2) is 13.4 Å². The molecule has 1 atom stereocenters. The van der Waals surface area contributed by atoms with Gasteiger partial charge in [0, 0.05) is 17.5 Å². The first-order chi connectivity index (χ1) is 12.5. The van der Waals surface area contributed by atoms with Crippen LogP contribution in [0, 0.1) is 5.41 Å². The quantitative estimate of drug-likeness (QED) is 0.868. The lowest BCUT2D eigenvalue weighted by Gasteiger charge is -2.27. The maximum Gasteiger partial charge on any atom is 0.248 e. The number of hydrogen-bond acceptors (Lipinski definition) is 5. The topological polar surface area (TPSA) is 92.0 Å². The molecule has 1 aliphatic heterocycles. The van der Waals surface area contributed by atoms with Crippen molar-refractivity contribution in [2.24, 2.45) is 10.5 Å². The second kappa shape index (κ2) is 6.84. The number of nitrogens with zero attached hydrogens (tertiary/aromatic N) is 2. The predicted molar refractivity (Wildman–Crippen MR) is 104 cm³/mol. The molecule has 0 saturated carbocycles. The maximum atomic E-state index is 12.9. The molecule has 2 heterocycles. The summed E-state index contributed by atoms with van der Waals surface area (Å²) in [5.41, 5.74) is 1.48. The molecule has 1 N–H and O–H groups in total. The minimum Gasteiger partial charge on any atom is -0.467 e. The Morgan fingerprint density at radius 3 is 2.41 bits per heavy atom. The molecule has 0 bridgehead atoms. The van der Waals surface area contributed by atoms with Gasteiger partial charge in [0.2, 0.25) is 15.9 Å². The van der Waals surface area contributed by atoms with Gasteiger partial charge in [-0.15, -0.1) is 0 Å². The molecule has 0 saturated heterocycles. The number of sulfonamides is 1. The van der Waals surface area contributed by atoms with Crippen molar-refractivity contribution in [3.05, 3.63) is 54.0 Å². The van der Waals surface area contributed by atoms with E-state index in [1.165, 1.54) is 5.01 Å². The van der Waals surface area contributed by atoms with E-state index in [0.29, 0.717) is 17.9 Å². The molecule has 144 valence electrons. The lowest BCUT2D eigenvalue weighted by Crippen LogP contribution is -2.36. The number of furan rings is 1. The van der Waals surface area contributed by atoms with Gasteiger partial charge in [-0.1, -0.05) is 32.9 Å². The molecule has 0 spiro atoms. The Hall–Kier alpha value is -2.61. The van der Waals surface area contributed by atoms with Crippen LogP contribution in [0.2, 0.25) is 0 Å². The van der Waals surface area contributed by atoms with Crippen molar-refractivity contribution in [1.82, 2.24) is 5.01 Å². The van der Waals surface area contributed by atoms with Crippen molar-refractivity contribution >= 4 is 27.3 Å². The first-order valence-electron chi connectivity index (χ1n) is 8.57. The average molecular weight is 389 g/mol. The van der Waals surface area contributed by atoms with Crippen LogP contribution in [-0.4, -0.2) is 31.3 Å². The molecule has 0 unspecified atom stereocenters. The Bertz CT molecular complexity index is 955. The first-order valence-corrected chi connectivity index (χ1v) is 10.5. The Kier molecular flexibility index (Phi) is 4.86. The summed E-state index contributed by atoms with van der Waals surface area (Å²) in [6.45, 7) is 5.56. The van der Waals surface area contributed by atoms with Crippen LogP contribution in [0.3, 0.4) is 0 Å². The Morgan fingerprint density at radius 1 is 1.22 bits per heavy atom. The van der Waals surface area contributed by atoms with Crippen LogP contribution in [-0.2, 0) is 14.8 Å². The van der Waals surface area contributed by atoms with Gasteiger partial charge in [0.25, 0.3) is 0 Å². The van der Waals surface area contributed by atoms with Gasteiger partial charge in [-0.05, 0) is 29.8 Å². The fourth-order valence-electron chi connectivity index (χ4n) is 2.86. The van der Waals surface area contributed by atoms with Gasteiger partial charge in [0.15, 0.2) is 0 Å². The zero-order valence-electron chi connectivity index (χ0n) is 15.8. The van der Waals surface area contributed by atoms with Gasteiger partial charge in [0.1, 0.15) is 11.8 Å². The highest BCUT2D eigenvalue weighted by atomic mass is 32.2. The third kappa shape index (κ3) is 4.39. The fraction of sp³-hybridized carbons (Fsp3) is 0.368. The molecule has 1 amide bonds. The standard InChI is InChI=1S/C19H23N3O4S/c1-19(2,3)18(23)22-16(17-6-5-11-26-17)12-15(20-22)13-7-9-14(10-8-13)21-27(4,24)25/h5-11,16,21H,12H2,1-4H3/t16-/m0/s1. The van der Waals surface area contributed by atoms with Crippen molar-refractivity contribution in [2.45, 2.75) is 33.2 Å². The number of amides is 1. The molecular formula is C19H23N3O4S. The van der Waals surface area contributed by atoms with Gasteiger partial charge < -0.3 is 4.42 Å². The fourth-order valence-corrected chi connectivity index (χ4v) is 3.43. The van der Waals surface area contributed by atoms with Crippen molar-refractivity contribution in [3.8, 4) is 0 Å². The Labute approximate surface area is 159 Å². The SMILES string of the molecule is CC(C)(C)C(=O)N1N=C(c2ccc(NS(C)(=O)=O)cc2)C[C@H]1c1ccco1. The second-order valence-electron chi connectivity index (χ2n) is 7.63. The minimum absolute atomic E-state index is 0.0886. The summed E-state index contributed by atoms with van der Waals surface area (Å²) in [7, 11) is -3.33. The third-order valence-electron chi connectivity index (χ3n) is 4.15. The van der Waals surface area contributed by atoms with Crippen LogP contribution < -0.4 is 4.72 Å². The number of hydrogen-bond donors (Lipinski definition) is 1. The summed E-state index contributed by atoms with van der Waals surface area (Å²) in [4.78, 5) is 12.9. The van der Waals surface area contributed by atoms with E-state index >= 15 is 0 Å². The van der Waals surface area contributed by atoms with Gasteiger partial charge >= 0.3 is 0 Å². The van der Waals surface area contributed by atoms with E-state index in [1.54, 1.807) is 36.6 Å². The molecular weight excluding hydrogens is 366 g/mol. The van der Waals surface area contributed by atoms with Gasteiger partial charge in [-0.3, -0.25) is 9.52 Å². The molecule has 1 aromatic heterocycles. The molecule has 27 heavy (non-hydrogen) atoms. The summed E-state index contributed by atoms with van der Waals surface area (Å²) in [6.07, 6.45) is 3.21.